The monoisotopic (exact) mass is 252 g/mol. The highest BCUT2D eigenvalue weighted by Crippen LogP contribution is 2.32. The fourth-order valence-corrected chi connectivity index (χ4v) is 1.26. The lowest BCUT2D eigenvalue weighted by molar-refractivity contribution is 0.366. The minimum Gasteiger partial charge on any atom is -0.503 e. The van der Waals surface area contributed by atoms with Crippen LogP contribution in [0.15, 0.2) is 9.21 Å². The Morgan fingerprint density at radius 3 is 1.94 bits per heavy atom. The third-order valence-electron chi connectivity index (χ3n) is 2.04. The van der Waals surface area contributed by atoms with Crippen molar-refractivity contribution in [3.05, 3.63) is 39.5 Å². The summed E-state index contributed by atoms with van der Waals surface area (Å²) in [5.41, 5.74) is -3.30. The first-order valence-electron chi connectivity index (χ1n) is 4.03. The van der Waals surface area contributed by atoms with Gasteiger partial charge in [-0.05, 0) is 0 Å². The zero-order chi connectivity index (χ0) is 12.9. The molecule has 8 heteroatoms. The summed E-state index contributed by atoms with van der Waals surface area (Å²) >= 11 is 0. The van der Waals surface area contributed by atoms with E-state index in [4.69, 9.17) is 5.11 Å². The zero-order valence-corrected chi connectivity index (χ0v) is 7.65. The van der Waals surface area contributed by atoms with E-state index in [-0.39, 0.29) is 0 Å². The summed E-state index contributed by atoms with van der Waals surface area (Å²) in [4.78, 5) is 10.7. The molecule has 0 aliphatic rings. The number of rotatable bonds is 0. The zero-order valence-electron chi connectivity index (χ0n) is 7.65. The lowest BCUT2D eigenvalue weighted by Crippen LogP contribution is -2.10. The molecular formula is C9HF5O3. The van der Waals surface area contributed by atoms with Crippen LogP contribution in [-0.2, 0) is 0 Å². The molecule has 0 aliphatic heterocycles. The average molecular weight is 252 g/mol. The van der Waals surface area contributed by atoms with Gasteiger partial charge in [0.1, 0.15) is 0 Å². The van der Waals surface area contributed by atoms with Crippen molar-refractivity contribution < 1.29 is 31.5 Å². The molecule has 3 nitrogen and oxygen atoms in total. The van der Waals surface area contributed by atoms with Gasteiger partial charge in [-0.15, -0.1) is 0 Å². The topological polar surface area (TPSA) is 50.4 Å². The van der Waals surface area contributed by atoms with Gasteiger partial charge in [0.15, 0.2) is 23.0 Å². The molecule has 0 unspecified atom stereocenters. The second-order valence-electron chi connectivity index (χ2n) is 3.01. The predicted molar refractivity (Wildman–Crippen MR) is 43.9 cm³/mol. The molecule has 0 radical (unpaired) electrons. The van der Waals surface area contributed by atoms with Gasteiger partial charge in [-0.3, -0.25) is 0 Å². The van der Waals surface area contributed by atoms with Gasteiger partial charge in [0.05, 0.1) is 5.39 Å². The van der Waals surface area contributed by atoms with Crippen molar-refractivity contribution in [2.45, 2.75) is 0 Å². The van der Waals surface area contributed by atoms with Gasteiger partial charge in [0, 0.05) is 0 Å². The number of hydrogen-bond donors (Lipinski definition) is 1. The summed E-state index contributed by atoms with van der Waals surface area (Å²) in [5.74, 6) is -12.0. The molecule has 90 valence electrons. The van der Waals surface area contributed by atoms with E-state index in [1.54, 1.807) is 0 Å². The lowest BCUT2D eigenvalue weighted by atomic mass is 10.2. The molecular weight excluding hydrogens is 251 g/mol. The maximum Gasteiger partial charge on any atom is 0.375 e. The Bertz CT molecular complexity index is 692. The van der Waals surface area contributed by atoms with E-state index in [0.717, 1.165) is 0 Å². The van der Waals surface area contributed by atoms with E-state index in [1.807, 2.05) is 0 Å². The summed E-state index contributed by atoms with van der Waals surface area (Å²) < 4.78 is 68.9. The maximum absolute atomic E-state index is 13.2. The second-order valence-corrected chi connectivity index (χ2v) is 3.01. The first-order chi connectivity index (χ1) is 7.86. The fraction of sp³-hybridized carbons (Fsp3) is 0. The van der Waals surface area contributed by atoms with Gasteiger partial charge >= 0.3 is 5.63 Å². The summed E-state index contributed by atoms with van der Waals surface area (Å²) in [5, 5.41) is 7.25. The highest BCUT2D eigenvalue weighted by atomic mass is 19.2. The van der Waals surface area contributed by atoms with E-state index in [0.29, 0.717) is 0 Å². The second kappa shape index (κ2) is 3.44. The molecule has 0 saturated heterocycles. The van der Waals surface area contributed by atoms with Crippen LogP contribution in [0, 0.1) is 29.1 Å². The Morgan fingerprint density at radius 2 is 1.35 bits per heavy atom. The van der Waals surface area contributed by atoms with Gasteiger partial charge in [-0.2, -0.15) is 13.2 Å². The number of benzene rings is 1. The van der Waals surface area contributed by atoms with Crippen molar-refractivity contribution in [2.24, 2.45) is 0 Å². The van der Waals surface area contributed by atoms with Gasteiger partial charge in [0.2, 0.25) is 17.5 Å². The molecule has 0 atom stereocenters. The lowest BCUT2D eigenvalue weighted by Gasteiger charge is -2.05. The average Bonchev–Trinajstić information content (AvgIpc) is 2.30. The van der Waals surface area contributed by atoms with Crippen LogP contribution in [-0.4, -0.2) is 5.11 Å². The molecule has 0 amide bonds. The molecule has 1 aromatic carbocycles. The summed E-state index contributed by atoms with van der Waals surface area (Å²) in [6.45, 7) is 0. The van der Waals surface area contributed by atoms with Crippen LogP contribution in [0.4, 0.5) is 22.0 Å². The van der Waals surface area contributed by atoms with E-state index < -0.39 is 51.4 Å². The van der Waals surface area contributed by atoms with E-state index in [2.05, 4.69) is 4.42 Å². The van der Waals surface area contributed by atoms with Crippen molar-refractivity contribution >= 4 is 11.0 Å². The quantitative estimate of drug-likeness (QED) is 0.444. The Morgan fingerprint density at radius 1 is 0.824 bits per heavy atom. The van der Waals surface area contributed by atoms with E-state index in [9.17, 15) is 26.7 Å². The number of aromatic hydroxyl groups is 1. The third-order valence-corrected chi connectivity index (χ3v) is 2.04. The predicted octanol–water partition coefficient (Wildman–Crippen LogP) is 2.19. The van der Waals surface area contributed by atoms with Crippen LogP contribution in [0.25, 0.3) is 11.0 Å². The molecule has 0 fully saturated rings. The van der Waals surface area contributed by atoms with Crippen molar-refractivity contribution in [3.8, 4) is 5.75 Å². The molecule has 17 heavy (non-hydrogen) atoms. The van der Waals surface area contributed by atoms with Crippen LogP contribution in [0.5, 0.6) is 5.75 Å². The minimum absolute atomic E-state index is 1.40. The SMILES string of the molecule is O=c1oc2c(F)c(O)c(F)c(F)c2c(F)c1F. The Hall–Kier alpha value is -2.12. The number of fused-ring (bicyclic) bond motifs is 1. The van der Waals surface area contributed by atoms with Gasteiger partial charge in [-0.25, -0.2) is 13.6 Å². The fourth-order valence-electron chi connectivity index (χ4n) is 1.26. The van der Waals surface area contributed by atoms with Gasteiger partial charge in [0.25, 0.3) is 0 Å². The largest absolute Gasteiger partial charge is 0.503 e. The summed E-state index contributed by atoms with van der Waals surface area (Å²) in [7, 11) is 0. The molecule has 0 aliphatic carbocycles. The summed E-state index contributed by atoms with van der Waals surface area (Å²) in [6, 6.07) is 0. The normalized spacial score (nSPS) is 11.1. The molecule has 1 heterocycles. The molecule has 1 aromatic heterocycles. The Kier molecular flexibility index (Phi) is 2.30. The summed E-state index contributed by atoms with van der Waals surface area (Å²) in [6.07, 6.45) is 0. The molecule has 2 rings (SSSR count). The first-order valence-corrected chi connectivity index (χ1v) is 4.03. The molecule has 2 aromatic rings. The van der Waals surface area contributed by atoms with Crippen LogP contribution < -0.4 is 5.63 Å². The van der Waals surface area contributed by atoms with Crippen molar-refractivity contribution in [2.75, 3.05) is 0 Å². The van der Waals surface area contributed by atoms with Crippen LogP contribution in [0.3, 0.4) is 0 Å². The van der Waals surface area contributed by atoms with Crippen molar-refractivity contribution in [1.82, 2.24) is 0 Å². The van der Waals surface area contributed by atoms with Crippen LogP contribution in [0.1, 0.15) is 0 Å². The molecule has 0 saturated carbocycles. The van der Waals surface area contributed by atoms with E-state index in [1.165, 1.54) is 0 Å². The maximum atomic E-state index is 13.2. The Balaban J connectivity index is 3.18. The minimum atomic E-state index is -2.11. The van der Waals surface area contributed by atoms with Crippen molar-refractivity contribution in [1.29, 1.82) is 0 Å². The highest BCUT2D eigenvalue weighted by molar-refractivity contribution is 5.80. The number of halogens is 5. The molecule has 0 bridgehead atoms. The van der Waals surface area contributed by atoms with Gasteiger partial charge < -0.3 is 9.52 Å². The third kappa shape index (κ3) is 1.37. The van der Waals surface area contributed by atoms with Crippen LogP contribution in [0.2, 0.25) is 0 Å². The highest BCUT2D eigenvalue weighted by Gasteiger charge is 2.27. The molecule has 1 N–H and O–H groups in total. The van der Waals surface area contributed by atoms with Crippen LogP contribution >= 0.6 is 0 Å². The molecule has 0 spiro atoms. The van der Waals surface area contributed by atoms with Crippen molar-refractivity contribution in [3.63, 3.8) is 0 Å². The van der Waals surface area contributed by atoms with E-state index >= 15 is 0 Å². The van der Waals surface area contributed by atoms with Gasteiger partial charge in [-0.1, -0.05) is 0 Å². The first kappa shape index (κ1) is 11.4. The number of phenolic OH excluding ortho intramolecular Hbond substituents is 1. The number of phenols is 1. The smallest absolute Gasteiger partial charge is 0.375 e. The standard InChI is InChI=1S/C9HF5O3/c10-2-1-3(11)5(13)9(16)17-8(1)6(14)7(15)4(2)12/h15H. The number of hydrogen-bond acceptors (Lipinski definition) is 3. The Labute approximate surface area is 88.7 Å².